The lowest BCUT2D eigenvalue weighted by Gasteiger charge is -2.16. The zero-order chi connectivity index (χ0) is 19.1. The first kappa shape index (κ1) is 19.8. The van der Waals surface area contributed by atoms with E-state index in [-0.39, 0.29) is 5.91 Å². The molecule has 1 N–H and O–H groups in total. The zero-order valence-electron chi connectivity index (χ0n) is 16.3. The molecular formula is C20H28N4O2. The van der Waals surface area contributed by atoms with Gasteiger partial charge in [-0.25, -0.2) is 0 Å². The number of anilines is 1. The summed E-state index contributed by atoms with van der Waals surface area (Å²) in [6, 6.07) is 3.70. The summed E-state index contributed by atoms with van der Waals surface area (Å²) in [5.41, 5.74) is 3.30. The SMILES string of the molecule is CCN(CC)CC/C=C/C(=O)Nc1cc2c(C)c(C)nnc2cc1OC. The molecule has 2 rings (SSSR count). The van der Waals surface area contributed by atoms with Gasteiger partial charge >= 0.3 is 0 Å². The maximum absolute atomic E-state index is 12.3. The van der Waals surface area contributed by atoms with Gasteiger partial charge in [0, 0.05) is 18.0 Å². The van der Waals surface area contributed by atoms with E-state index in [1.165, 1.54) is 0 Å². The number of carbonyl (C=O) groups excluding carboxylic acids is 1. The van der Waals surface area contributed by atoms with Gasteiger partial charge in [-0.15, -0.1) is 0 Å². The third kappa shape index (κ3) is 4.79. The first-order valence-corrected chi connectivity index (χ1v) is 9.01. The third-order valence-electron chi connectivity index (χ3n) is 4.61. The van der Waals surface area contributed by atoms with Gasteiger partial charge in [0.05, 0.1) is 24.0 Å². The van der Waals surface area contributed by atoms with Gasteiger partial charge in [-0.1, -0.05) is 19.9 Å². The number of fused-ring (bicyclic) bond motifs is 1. The fraction of sp³-hybridized carbons (Fsp3) is 0.450. The van der Waals surface area contributed by atoms with Crippen molar-refractivity contribution in [2.24, 2.45) is 0 Å². The fourth-order valence-electron chi connectivity index (χ4n) is 2.78. The van der Waals surface area contributed by atoms with Crippen LogP contribution in [-0.2, 0) is 4.79 Å². The maximum Gasteiger partial charge on any atom is 0.248 e. The van der Waals surface area contributed by atoms with E-state index in [1.807, 2.05) is 26.0 Å². The van der Waals surface area contributed by atoms with E-state index in [9.17, 15) is 4.79 Å². The van der Waals surface area contributed by atoms with Crippen molar-refractivity contribution in [1.82, 2.24) is 15.1 Å². The molecule has 0 aliphatic carbocycles. The zero-order valence-corrected chi connectivity index (χ0v) is 16.3. The molecule has 0 radical (unpaired) electrons. The Bertz CT molecular complexity index is 798. The highest BCUT2D eigenvalue weighted by Crippen LogP contribution is 2.31. The minimum absolute atomic E-state index is 0.168. The normalized spacial score (nSPS) is 11.5. The molecule has 0 saturated carbocycles. The number of nitrogens with zero attached hydrogens (tertiary/aromatic N) is 3. The van der Waals surface area contributed by atoms with Crippen LogP contribution < -0.4 is 10.1 Å². The van der Waals surface area contributed by atoms with Crippen molar-refractivity contribution < 1.29 is 9.53 Å². The average Bonchev–Trinajstić information content (AvgIpc) is 2.65. The number of aryl methyl sites for hydroxylation is 2. The highest BCUT2D eigenvalue weighted by Gasteiger charge is 2.11. The molecule has 0 spiro atoms. The largest absolute Gasteiger partial charge is 0.494 e. The van der Waals surface area contributed by atoms with Gasteiger partial charge in [0.15, 0.2) is 0 Å². The van der Waals surface area contributed by atoms with Crippen LogP contribution in [0.3, 0.4) is 0 Å². The standard InChI is InChI=1S/C20H28N4O2/c1-6-24(7-2)11-9-8-10-20(25)21-18-12-16-14(3)15(4)22-23-17(16)13-19(18)26-5/h8,10,12-13H,6-7,9,11H2,1-5H3,(H,21,25)/b10-8+. The van der Waals surface area contributed by atoms with Gasteiger partial charge in [-0.2, -0.15) is 10.2 Å². The van der Waals surface area contributed by atoms with Crippen LogP contribution in [0.5, 0.6) is 5.75 Å². The van der Waals surface area contributed by atoms with Crippen LogP contribution in [0.1, 0.15) is 31.5 Å². The van der Waals surface area contributed by atoms with Crippen LogP contribution in [0.4, 0.5) is 5.69 Å². The van der Waals surface area contributed by atoms with Gasteiger partial charge in [0.25, 0.3) is 0 Å². The highest BCUT2D eigenvalue weighted by molar-refractivity contribution is 6.02. The Morgan fingerprint density at radius 3 is 2.62 bits per heavy atom. The summed E-state index contributed by atoms with van der Waals surface area (Å²) in [6.45, 7) is 11.2. The topological polar surface area (TPSA) is 67.4 Å². The van der Waals surface area contributed by atoms with Crippen LogP contribution in [0, 0.1) is 13.8 Å². The Hall–Kier alpha value is -2.47. The molecule has 0 aliphatic heterocycles. The van der Waals surface area contributed by atoms with Crippen molar-refractivity contribution in [1.29, 1.82) is 0 Å². The van der Waals surface area contributed by atoms with Gasteiger partial charge < -0.3 is 15.0 Å². The first-order chi connectivity index (χ1) is 12.5. The lowest BCUT2D eigenvalue weighted by molar-refractivity contribution is -0.111. The van der Waals surface area contributed by atoms with Gasteiger partial charge in [-0.3, -0.25) is 4.79 Å². The van der Waals surface area contributed by atoms with E-state index in [4.69, 9.17) is 4.74 Å². The average molecular weight is 356 g/mol. The second kappa shape index (κ2) is 9.29. The lowest BCUT2D eigenvalue weighted by Crippen LogP contribution is -2.23. The molecule has 26 heavy (non-hydrogen) atoms. The molecule has 0 aliphatic rings. The molecule has 140 valence electrons. The summed E-state index contributed by atoms with van der Waals surface area (Å²) >= 11 is 0. The quantitative estimate of drug-likeness (QED) is 0.734. The van der Waals surface area contributed by atoms with E-state index >= 15 is 0 Å². The smallest absolute Gasteiger partial charge is 0.248 e. The van der Waals surface area contributed by atoms with Gasteiger partial charge in [-0.05, 0) is 51.1 Å². The number of hydrogen-bond donors (Lipinski definition) is 1. The second-order valence-corrected chi connectivity index (χ2v) is 6.19. The monoisotopic (exact) mass is 356 g/mol. The fourth-order valence-corrected chi connectivity index (χ4v) is 2.78. The van der Waals surface area contributed by atoms with Crippen molar-refractivity contribution in [3.05, 3.63) is 35.5 Å². The summed E-state index contributed by atoms with van der Waals surface area (Å²) in [6.07, 6.45) is 4.33. The molecule has 0 fully saturated rings. The van der Waals surface area contributed by atoms with Crippen molar-refractivity contribution in [3.63, 3.8) is 0 Å². The molecule has 0 saturated heterocycles. The highest BCUT2D eigenvalue weighted by atomic mass is 16.5. The number of rotatable bonds is 8. The van der Waals surface area contributed by atoms with Crippen LogP contribution >= 0.6 is 0 Å². The molecule has 0 atom stereocenters. The number of amides is 1. The molecule has 1 amide bonds. The van der Waals surface area contributed by atoms with E-state index < -0.39 is 0 Å². The molecule has 6 heteroatoms. The van der Waals surface area contributed by atoms with E-state index in [2.05, 4.69) is 34.3 Å². The molecule has 6 nitrogen and oxygen atoms in total. The summed E-state index contributed by atoms with van der Waals surface area (Å²) in [5, 5.41) is 12.2. The second-order valence-electron chi connectivity index (χ2n) is 6.19. The summed E-state index contributed by atoms with van der Waals surface area (Å²) in [7, 11) is 1.57. The minimum Gasteiger partial charge on any atom is -0.494 e. The number of ether oxygens (including phenoxy) is 1. The number of nitrogens with one attached hydrogen (secondary N) is 1. The number of carbonyl (C=O) groups is 1. The predicted molar refractivity (Wildman–Crippen MR) is 106 cm³/mol. The Labute approximate surface area is 155 Å². The van der Waals surface area contributed by atoms with Gasteiger partial charge in [0.2, 0.25) is 5.91 Å². The van der Waals surface area contributed by atoms with Crippen LogP contribution in [0.15, 0.2) is 24.3 Å². The summed E-state index contributed by atoms with van der Waals surface area (Å²) in [4.78, 5) is 14.6. The van der Waals surface area contributed by atoms with Crippen molar-refractivity contribution in [2.75, 3.05) is 32.1 Å². The molecule has 1 heterocycles. The molecular weight excluding hydrogens is 328 g/mol. The van der Waals surface area contributed by atoms with E-state index in [0.717, 1.165) is 48.2 Å². The Balaban J connectivity index is 2.13. The number of benzene rings is 1. The lowest BCUT2D eigenvalue weighted by atomic mass is 10.1. The number of methoxy groups -OCH3 is 1. The summed E-state index contributed by atoms with van der Waals surface area (Å²) < 4.78 is 5.40. The van der Waals surface area contributed by atoms with E-state index in [0.29, 0.717) is 11.4 Å². The molecule has 1 aromatic carbocycles. The number of hydrogen-bond acceptors (Lipinski definition) is 5. The number of aromatic nitrogens is 2. The van der Waals surface area contributed by atoms with Crippen LogP contribution in [0.25, 0.3) is 10.9 Å². The van der Waals surface area contributed by atoms with Crippen molar-refractivity contribution >= 4 is 22.5 Å². The third-order valence-corrected chi connectivity index (χ3v) is 4.61. The Morgan fingerprint density at radius 1 is 1.23 bits per heavy atom. The first-order valence-electron chi connectivity index (χ1n) is 9.01. The minimum atomic E-state index is -0.168. The van der Waals surface area contributed by atoms with Crippen molar-refractivity contribution in [2.45, 2.75) is 34.1 Å². The van der Waals surface area contributed by atoms with Crippen LogP contribution in [0.2, 0.25) is 0 Å². The van der Waals surface area contributed by atoms with Crippen LogP contribution in [-0.4, -0.2) is 47.7 Å². The Kier molecular flexibility index (Phi) is 7.09. The Morgan fingerprint density at radius 2 is 1.96 bits per heavy atom. The van der Waals surface area contributed by atoms with Gasteiger partial charge in [0.1, 0.15) is 5.75 Å². The van der Waals surface area contributed by atoms with Crippen molar-refractivity contribution in [3.8, 4) is 5.75 Å². The molecule has 2 aromatic rings. The summed E-state index contributed by atoms with van der Waals surface area (Å²) in [5.74, 6) is 0.401. The maximum atomic E-state index is 12.3. The molecule has 0 bridgehead atoms. The van der Waals surface area contributed by atoms with E-state index in [1.54, 1.807) is 19.3 Å². The molecule has 1 aromatic heterocycles. The molecule has 0 unspecified atom stereocenters. The predicted octanol–water partition coefficient (Wildman–Crippen LogP) is 3.48.